The van der Waals surface area contributed by atoms with Gasteiger partial charge in [-0.3, -0.25) is 0 Å². The third-order valence-electron chi connectivity index (χ3n) is 3.87. The van der Waals surface area contributed by atoms with E-state index in [2.05, 4.69) is 28.8 Å². The van der Waals surface area contributed by atoms with Crippen molar-refractivity contribution < 1.29 is 0 Å². The van der Waals surface area contributed by atoms with Crippen molar-refractivity contribution in [3.63, 3.8) is 0 Å². The van der Waals surface area contributed by atoms with Crippen molar-refractivity contribution >= 4 is 21.8 Å². The first-order chi connectivity index (χ1) is 11.8. The number of allylic oxidation sites excluding steroid dienone is 4. The van der Waals surface area contributed by atoms with Gasteiger partial charge in [0.05, 0.1) is 5.57 Å². The molecular formula is C20H12N4. The summed E-state index contributed by atoms with van der Waals surface area (Å²) in [5, 5.41) is 29.2. The van der Waals surface area contributed by atoms with Crippen LogP contribution < -0.4 is 0 Å². The van der Waals surface area contributed by atoms with E-state index < -0.39 is 0 Å². The molecule has 3 rings (SSSR count). The maximum absolute atomic E-state index is 9.09. The fourth-order valence-electron chi connectivity index (χ4n) is 2.80. The predicted octanol–water partition coefficient (Wildman–Crippen LogP) is 4.22. The lowest BCUT2D eigenvalue weighted by molar-refractivity contribution is 0.898. The van der Waals surface area contributed by atoms with E-state index in [9.17, 15) is 0 Å². The van der Waals surface area contributed by atoms with E-state index in [0.717, 1.165) is 11.0 Å². The van der Waals surface area contributed by atoms with E-state index in [4.69, 9.17) is 15.8 Å². The lowest BCUT2D eigenvalue weighted by Crippen LogP contribution is -1.94. The molecule has 0 amide bonds. The van der Waals surface area contributed by atoms with Gasteiger partial charge in [0.1, 0.15) is 23.8 Å². The molecule has 0 aliphatic heterocycles. The zero-order chi connectivity index (χ0) is 16.9. The molecule has 0 aliphatic carbocycles. The molecule has 2 aromatic carbocycles. The van der Waals surface area contributed by atoms with Crippen molar-refractivity contribution in [2.24, 2.45) is 0 Å². The molecule has 0 aliphatic rings. The Morgan fingerprint density at radius 2 is 1.38 bits per heavy atom. The van der Waals surface area contributed by atoms with Crippen LogP contribution in [0.3, 0.4) is 0 Å². The van der Waals surface area contributed by atoms with Gasteiger partial charge in [-0.15, -0.1) is 0 Å². The second-order valence-corrected chi connectivity index (χ2v) is 5.17. The summed E-state index contributed by atoms with van der Waals surface area (Å²) in [5.41, 5.74) is 2.12. The van der Waals surface area contributed by atoms with Crippen LogP contribution in [0.2, 0.25) is 0 Å². The van der Waals surface area contributed by atoms with Gasteiger partial charge in [-0.1, -0.05) is 42.5 Å². The van der Waals surface area contributed by atoms with Crippen molar-refractivity contribution in [3.05, 3.63) is 71.8 Å². The molecule has 24 heavy (non-hydrogen) atoms. The van der Waals surface area contributed by atoms with E-state index in [-0.39, 0.29) is 11.1 Å². The van der Waals surface area contributed by atoms with Crippen LogP contribution in [0, 0.1) is 34.0 Å². The Balaban J connectivity index is 2.07. The topological polar surface area (TPSA) is 76.3 Å². The fourth-order valence-corrected chi connectivity index (χ4v) is 2.80. The molecule has 0 saturated carbocycles. The summed E-state index contributed by atoms with van der Waals surface area (Å²) in [4.78, 5) is 0. The van der Waals surface area contributed by atoms with Crippen molar-refractivity contribution in [1.29, 1.82) is 15.8 Å². The minimum atomic E-state index is -0.170. The fraction of sp³-hybridized carbons (Fsp3) is 0.0500. The molecule has 112 valence electrons. The maximum Gasteiger partial charge on any atom is 0.147 e. The molecule has 4 heteroatoms. The molecule has 0 radical (unpaired) electrons. The van der Waals surface area contributed by atoms with Crippen molar-refractivity contribution in [2.45, 2.75) is 6.54 Å². The van der Waals surface area contributed by atoms with Gasteiger partial charge in [0.2, 0.25) is 0 Å². The number of aromatic nitrogens is 1. The molecule has 4 nitrogen and oxygen atoms in total. The number of hydrogen-bond donors (Lipinski definition) is 0. The van der Waals surface area contributed by atoms with Crippen LogP contribution in [-0.4, -0.2) is 4.57 Å². The minimum absolute atomic E-state index is 0.0840. The van der Waals surface area contributed by atoms with Crippen LogP contribution >= 0.6 is 0 Å². The van der Waals surface area contributed by atoms with Gasteiger partial charge in [-0.05, 0) is 18.2 Å². The lowest BCUT2D eigenvalue weighted by atomic mass is 10.1. The first kappa shape index (κ1) is 15.1. The maximum atomic E-state index is 9.09. The van der Waals surface area contributed by atoms with Gasteiger partial charge in [-0.25, -0.2) is 0 Å². The summed E-state index contributed by atoms with van der Waals surface area (Å²) < 4.78 is 2.15. The molecule has 0 atom stereocenters. The van der Waals surface area contributed by atoms with Crippen LogP contribution in [0.1, 0.15) is 0 Å². The number of para-hydroxylation sites is 2. The molecule has 0 N–H and O–H groups in total. The van der Waals surface area contributed by atoms with Gasteiger partial charge < -0.3 is 4.57 Å². The average molecular weight is 308 g/mol. The molecule has 0 saturated heterocycles. The highest BCUT2D eigenvalue weighted by Crippen LogP contribution is 2.28. The zero-order valence-corrected chi connectivity index (χ0v) is 12.8. The Kier molecular flexibility index (Phi) is 4.11. The normalized spacial score (nSPS) is 10.4. The highest BCUT2D eigenvalue weighted by atomic mass is 15.0. The van der Waals surface area contributed by atoms with E-state index >= 15 is 0 Å². The van der Waals surface area contributed by atoms with Gasteiger partial charge in [-0.2, -0.15) is 15.8 Å². The third kappa shape index (κ3) is 2.52. The van der Waals surface area contributed by atoms with Crippen LogP contribution in [0.25, 0.3) is 21.8 Å². The number of nitriles is 3. The first-order valence-electron chi connectivity index (χ1n) is 7.37. The second kappa shape index (κ2) is 6.53. The summed E-state index contributed by atoms with van der Waals surface area (Å²) >= 11 is 0. The lowest BCUT2D eigenvalue weighted by Gasteiger charge is -2.03. The molecule has 1 heterocycles. The van der Waals surface area contributed by atoms with Crippen LogP contribution in [0.5, 0.6) is 0 Å². The number of benzene rings is 2. The van der Waals surface area contributed by atoms with Crippen LogP contribution in [0.15, 0.2) is 71.8 Å². The Hall–Kier alpha value is -3.81. The Bertz CT molecular complexity index is 1040. The van der Waals surface area contributed by atoms with Crippen LogP contribution in [0.4, 0.5) is 0 Å². The number of hydrogen-bond acceptors (Lipinski definition) is 3. The monoisotopic (exact) mass is 308 g/mol. The van der Waals surface area contributed by atoms with Crippen LogP contribution in [-0.2, 0) is 6.54 Å². The Morgan fingerprint density at radius 1 is 0.833 bits per heavy atom. The molecule has 1 aromatic heterocycles. The molecule has 0 spiro atoms. The SMILES string of the molecule is N#CC(C#N)=C(C#N)C=CCn1c2ccccc2c2ccccc21. The molecule has 0 bridgehead atoms. The summed E-state index contributed by atoms with van der Waals surface area (Å²) in [5.74, 6) is 0. The molecule has 0 fully saturated rings. The Labute approximate surface area is 139 Å². The smallest absolute Gasteiger partial charge is 0.147 e. The predicted molar refractivity (Wildman–Crippen MR) is 92.4 cm³/mol. The van der Waals surface area contributed by atoms with Gasteiger partial charge in [0.25, 0.3) is 0 Å². The average Bonchev–Trinajstić information content (AvgIpc) is 2.95. The summed E-state index contributed by atoms with van der Waals surface area (Å²) in [7, 11) is 0. The van der Waals surface area contributed by atoms with E-state index in [0.29, 0.717) is 6.54 Å². The third-order valence-corrected chi connectivity index (χ3v) is 3.87. The highest BCUT2D eigenvalue weighted by Gasteiger charge is 2.08. The first-order valence-corrected chi connectivity index (χ1v) is 7.37. The summed E-state index contributed by atoms with van der Waals surface area (Å²) in [6.45, 7) is 0.545. The quantitative estimate of drug-likeness (QED) is 0.537. The van der Waals surface area contributed by atoms with Gasteiger partial charge in [0, 0.05) is 28.4 Å². The van der Waals surface area contributed by atoms with Crippen molar-refractivity contribution in [1.82, 2.24) is 4.57 Å². The number of rotatable bonds is 3. The van der Waals surface area contributed by atoms with E-state index in [1.165, 1.54) is 16.8 Å². The molecular weight excluding hydrogens is 296 g/mol. The molecule has 0 unspecified atom stereocenters. The second-order valence-electron chi connectivity index (χ2n) is 5.17. The molecule has 3 aromatic rings. The minimum Gasteiger partial charge on any atom is -0.337 e. The largest absolute Gasteiger partial charge is 0.337 e. The highest BCUT2D eigenvalue weighted by molar-refractivity contribution is 6.07. The summed E-state index contributed by atoms with van der Waals surface area (Å²) in [6, 6.07) is 21.7. The number of fused-ring (bicyclic) bond motifs is 3. The standard InChI is InChI=1S/C20H12N4/c21-12-15(16(13-22)14-23)6-5-11-24-19-9-3-1-7-17(19)18-8-2-4-10-20(18)24/h1-10H,11H2. The van der Waals surface area contributed by atoms with E-state index in [1.807, 2.05) is 30.3 Å². The van der Waals surface area contributed by atoms with Gasteiger partial charge in [0.15, 0.2) is 0 Å². The van der Waals surface area contributed by atoms with E-state index in [1.54, 1.807) is 18.2 Å². The van der Waals surface area contributed by atoms with Crippen molar-refractivity contribution in [2.75, 3.05) is 0 Å². The summed E-state index contributed by atoms with van der Waals surface area (Å²) in [6.07, 6.45) is 3.33. The number of nitrogens with zero attached hydrogens (tertiary/aromatic N) is 4. The zero-order valence-electron chi connectivity index (χ0n) is 12.8. The Morgan fingerprint density at radius 3 is 1.88 bits per heavy atom. The van der Waals surface area contributed by atoms with Gasteiger partial charge >= 0.3 is 0 Å². The van der Waals surface area contributed by atoms with Crippen molar-refractivity contribution in [3.8, 4) is 18.2 Å².